The number of methoxy groups -OCH3 is 2. The molecule has 0 unspecified atom stereocenters. The zero-order valence-corrected chi connectivity index (χ0v) is 21.1. The fourth-order valence-electron chi connectivity index (χ4n) is 4.08. The molecule has 0 bridgehead atoms. The Kier molecular flexibility index (Phi) is 7.74. The van der Waals surface area contributed by atoms with Crippen molar-refractivity contribution in [1.82, 2.24) is 0 Å². The van der Waals surface area contributed by atoms with Crippen LogP contribution in [0.5, 0.6) is 17.2 Å². The van der Waals surface area contributed by atoms with E-state index < -0.39 is 5.63 Å². The number of aryl methyl sites for hydroxylation is 1. The molecule has 0 spiro atoms. The first-order valence-electron chi connectivity index (χ1n) is 12.0. The van der Waals surface area contributed by atoms with E-state index in [4.69, 9.17) is 18.6 Å². The topological polar surface area (TPSA) is 75.0 Å². The highest BCUT2D eigenvalue weighted by molar-refractivity contribution is 5.99. The van der Waals surface area contributed by atoms with E-state index in [2.05, 4.69) is 6.92 Å². The summed E-state index contributed by atoms with van der Waals surface area (Å²) in [6.07, 6.45) is 1.91. The zero-order valence-electron chi connectivity index (χ0n) is 21.1. The molecule has 0 aliphatic heterocycles. The summed E-state index contributed by atoms with van der Waals surface area (Å²) in [5.74, 6) is 1.85. The lowest BCUT2D eigenvalue weighted by Gasteiger charge is -2.12. The van der Waals surface area contributed by atoms with Crippen LogP contribution in [-0.2, 0) is 6.42 Å². The maximum atomic E-state index is 13.2. The van der Waals surface area contributed by atoms with E-state index in [-0.39, 0.29) is 12.2 Å². The second-order valence-electron chi connectivity index (χ2n) is 8.66. The fraction of sp³-hybridized carbons (Fsp3) is 0.267. The molecule has 1 aromatic heterocycles. The van der Waals surface area contributed by atoms with Gasteiger partial charge >= 0.3 is 5.63 Å². The first-order chi connectivity index (χ1) is 17.4. The van der Waals surface area contributed by atoms with Gasteiger partial charge in [-0.25, -0.2) is 4.79 Å². The molecule has 4 rings (SSSR count). The summed E-state index contributed by atoms with van der Waals surface area (Å²) in [6, 6.07) is 18.2. The number of fused-ring (bicyclic) bond motifs is 1. The molecular formula is C30H30O6. The summed E-state index contributed by atoms with van der Waals surface area (Å²) >= 11 is 0. The van der Waals surface area contributed by atoms with Crippen molar-refractivity contribution in [2.75, 3.05) is 20.8 Å². The number of carbonyl (C=O) groups is 1. The maximum absolute atomic E-state index is 13.2. The molecule has 1 heterocycles. The molecule has 0 N–H and O–H groups in total. The van der Waals surface area contributed by atoms with Crippen LogP contribution in [0.15, 0.2) is 69.9 Å². The Bertz CT molecular complexity index is 1450. The highest BCUT2D eigenvalue weighted by Crippen LogP contribution is 2.33. The third kappa shape index (κ3) is 5.43. The Morgan fingerprint density at radius 2 is 1.78 bits per heavy atom. The Morgan fingerprint density at radius 3 is 2.53 bits per heavy atom. The smallest absolute Gasteiger partial charge is 0.339 e. The van der Waals surface area contributed by atoms with Gasteiger partial charge in [0.2, 0.25) is 0 Å². The molecule has 6 heteroatoms. The molecule has 0 aliphatic carbocycles. The summed E-state index contributed by atoms with van der Waals surface area (Å²) in [5, 5.41) is 0.754. The number of rotatable bonds is 10. The molecule has 0 fully saturated rings. The fourth-order valence-corrected chi connectivity index (χ4v) is 4.08. The van der Waals surface area contributed by atoms with Crippen LogP contribution in [0.25, 0.3) is 22.1 Å². The van der Waals surface area contributed by atoms with Gasteiger partial charge in [0, 0.05) is 34.6 Å². The quantitative estimate of drug-likeness (QED) is 0.147. The first-order valence-corrected chi connectivity index (χ1v) is 12.0. The molecule has 0 atom stereocenters. The molecule has 6 nitrogen and oxygen atoms in total. The van der Waals surface area contributed by atoms with Gasteiger partial charge in [-0.05, 0) is 66.9 Å². The van der Waals surface area contributed by atoms with Crippen LogP contribution in [0.2, 0.25) is 0 Å². The van der Waals surface area contributed by atoms with Gasteiger partial charge in [0.1, 0.15) is 22.8 Å². The minimum absolute atomic E-state index is 0.0735. The lowest BCUT2D eigenvalue weighted by molar-refractivity contribution is 0.0992. The van der Waals surface area contributed by atoms with Gasteiger partial charge in [-0.3, -0.25) is 4.79 Å². The van der Waals surface area contributed by atoms with Gasteiger partial charge in [0.05, 0.1) is 20.8 Å². The number of hydrogen-bond donors (Lipinski definition) is 0. The number of carbonyl (C=O) groups excluding carboxylic acids is 1. The Hall–Kier alpha value is -4.06. The van der Waals surface area contributed by atoms with Gasteiger partial charge in [0.25, 0.3) is 0 Å². The van der Waals surface area contributed by atoms with E-state index in [1.807, 2.05) is 37.3 Å². The molecule has 4 aromatic rings. The highest BCUT2D eigenvalue weighted by Gasteiger charge is 2.16. The molecule has 0 saturated heterocycles. The molecule has 0 amide bonds. The predicted molar refractivity (Wildman–Crippen MR) is 141 cm³/mol. The van der Waals surface area contributed by atoms with Crippen LogP contribution in [0.4, 0.5) is 0 Å². The van der Waals surface area contributed by atoms with E-state index in [0.717, 1.165) is 34.9 Å². The predicted octanol–water partition coefficient (Wildman–Crippen LogP) is 6.39. The minimum Gasteiger partial charge on any atom is -0.497 e. The van der Waals surface area contributed by atoms with Crippen LogP contribution < -0.4 is 19.8 Å². The molecule has 186 valence electrons. The van der Waals surface area contributed by atoms with Crippen molar-refractivity contribution in [3.63, 3.8) is 0 Å². The van der Waals surface area contributed by atoms with Crippen LogP contribution >= 0.6 is 0 Å². The number of ether oxygens (including phenoxy) is 3. The van der Waals surface area contributed by atoms with Crippen molar-refractivity contribution in [2.45, 2.75) is 33.1 Å². The monoisotopic (exact) mass is 486 g/mol. The highest BCUT2D eigenvalue weighted by atomic mass is 16.5. The third-order valence-corrected chi connectivity index (χ3v) is 6.11. The summed E-state index contributed by atoms with van der Waals surface area (Å²) in [4.78, 5) is 25.9. The van der Waals surface area contributed by atoms with Crippen molar-refractivity contribution in [3.8, 4) is 28.4 Å². The van der Waals surface area contributed by atoms with Crippen LogP contribution in [0.3, 0.4) is 0 Å². The lowest BCUT2D eigenvalue weighted by Crippen LogP contribution is -2.13. The van der Waals surface area contributed by atoms with Crippen molar-refractivity contribution >= 4 is 16.8 Å². The van der Waals surface area contributed by atoms with E-state index in [0.29, 0.717) is 40.6 Å². The van der Waals surface area contributed by atoms with E-state index in [1.165, 1.54) is 0 Å². The molecular weight excluding hydrogens is 456 g/mol. The Balaban J connectivity index is 1.63. The maximum Gasteiger partial charge on any atom is 0.339 e. The molecule has 0 radical (unpaired) electrons. The average molecular weight is 487 g/mol. The zero-order chi connectivity index (χ0) is 25.7. The number of unbranched alkanes of at least 4 members (excludes halogenated alkanes) is 1. The van der Waals surface area contributed by atoms with Gasteiger partial charge in [-0.2, -0.15) is 0 Å². The van der Waals surface area contributed by atoms with Crippen LogP contribution in [0, 0.1) is 6.92 Å². The van der Waals surface area contributed by atoms with Gasteiger partial charge < -0.3 is 18.6 Å². The van der Waals surface area contributed by atoms with E-state index >= 15 is 0 Å². The standard InChI is InChI=1S/C30H30O6/c1-5-6-12-35-28-18-29-22(13-19(28)2)14-23(30(32)36-29)17-26(31)21-10-11-27(34-4)25(16-21)20-8-7-9-24(15-20)33-3/h7-11,13-16,18H,5-6,12,17H2,1-4H3. The Morgan fingerprint density at radius 1 is 0.944 bits per heavy atom. The van der Waals surface area contributed by atoms with Gasteiger partial charge in [-0.15, -0.1) is 0 Å². The molecule has 0 saturated carbocycles. The Labute approximate surface area is 210 Å². The van der Waals surface area contributed by atoms with Crippen molar-refractivity contribution in [3.05, 3.63) is 87.8 Å². The van der Waals surface area contributed by atoms with Crippen LogP contribution in [0.1, 0.15) is 41.3 Å². The van der Waals surface area contributed by atoms with E-state index in [9.17, 15) is 9.59 Å². The first kappa shape index (κ1) is 25.0. The lowest BCUT2D eigenvalue weighted by atomic mass is 9.97. The molecule has 0 aliphatic rings. The summed E-state index contributed by atoms with van der Waals surface area (Å²) < 4.78 is 22.2. The minimum atomic E-state index is -0.527. The summed E-state index contributed by atoms with van der Waals surface area (Å²) in [5.41, 5.74) is 3.27. The van der Waals surface area contributed by atoms with Gasteiger partial charge in [0.15, 0.2) is 5.78 Å². The van der Waals surface area contributed by atoms with Crippen LogP contribution in [-0.4, -0.2) is 26.6 Å². The average Bonchev–Trinajstić information content (AvgIpc) is 2.89. The summed E-state index contributed by atoms with van der Waals surface area (Å²) in [6.45, 7) is 4.66. The molecule has 3 aromatic carbocycles. The number of Topliss-reactive ketones (excluding diaryl/α,β-unsaturated/α-hetero) is 1. The number of hydrogen-bond acceptors (Lipinski definition) is 6. The number of benzene rings is 3. The second kappa shape index (κ2) is 11.1. The van der Waals surface area contributed by atoms with E-state index in [1.54, 1.807) is 44.6 Å². The SMILES string of the molecule is CCCCOc1cc2oc(=O)c(CC(=O)c3ccc(OC)c(-c4cccc(OC)c4)c3)cc2cc1C. The summed E-state index contributed by atoms with van der Waals surface area (Å²) in [7, 11) is 3.19. The third-order valence-electron chi connectivity index (χ3n) is 6.11. The second-order valence-corrected chi connectivity index (χ2v) is 8.66. The molecule has 36 heavy (non-hydrogen) atoms. The largest absolute Gasteiger partial charge is 0.497 e. The normalized spacial score (nSPS) is 10.9. The number of ketones is 1. The van der Waals surface area contributed by atoms with Gasteiger partial charge in [-0.1, -0.05) is 25.5 Å². The van der Waals surface area contributed by atoms with Crippen molar-refractivity contribution in [1.29, 1.82) is 0 Å². The van der Waals surface area contributed by atoms with Crippen molar-refractivity contribution < 1.29 is 23.4 Å². The van der Waals surface area contributed by atoms with Crippen molar-refractivity contribution in [2.24, 2.45) is 0 Å².